The zero-order chi connectivity index (χ0) is 13.2. The highest BCUT2D eigenvalue weighted by molar-refractivity contribution is 5.68. The third kappa shape index (κ3) is 2.77. The van der Waals surface area contributed by atoms with Gasteiger partial charge in [-0.1, -0.05) is 42.5 Å². The SMILES string of the molecule is O=C(N[C@@H]1C=C[C@@H](O)[C@H]2O[C@H]21)OCc1ccccc1. The van der Waals surface area contributed by atoms with Crippen molar-refractivity contribution in [2.45, 2.75) is 31.0 Å². The number of carbonyl (C=O) groups is 1. The van der Waals surface area contributed by atoms with Crippen molar-refractivity contribution >= 4 is 6.09 Å². The predicted octanol–water partition coefficient (Wildman–Crippen LogP) is 0.979. The number of nitrogens with one attached hydrogen (secondary N) is 1. The smallest absolute Gasteiger partial charge is 0.408 e. The molecule has 0 aromatic heterocycles. The van der Waals surface area contributed by atoms with Crippen LogP contribution >= 0.6 is 0 Å². The highest BCUT2D eigenvalue weighted by Gasteiger charge is 2.50. The maximum absolute atomic E-state index is 11.6. The van der Waals surface area contributed by atoms with Crippen molar-refractivity contribution in [3.8, 4) is 0 Å². The molecule has 1 aromatic carbocycles. The van der Waals surface area contributed by atoms with Gasteiger partial charge < -0.3 is 19.9 Å². The minimum atomic E-state index is -0.566. The van der Waals surface area contributed by atoms with E-state index in [4.69, 9.17) is 9.47 Å². The molecule has 3 rings (SSSR count). The minimum absolute atomic E-state index is 0.135. The first-order chi connectivity index (χ1) is 9.24. The number of epoxide rings is 1. The third-order valence-corrected chi connectivity index (χ3v) is 3.26. The summed E-state index contributed by atoms with van der Waals surface area (Å²) in [6.45, 7) is 0.237. The number of ether oxygens (including phenoxy) is 2. The highest BCUT2D eigenvalue weighted by Crippen LogP contribution is 2.33. The average Bonchev–Trinajstić information content (AvgIpc) is 3.22. The van der Waals surface area contributed by atoms with Gasteiger partial charge in [-0.15, -0.1) is 0 Å². The van der Waals surface area contributed by atoms with E-state index in [9.17, 15) is 9.90 Å². The van der Waals surface area contributed by atoms with Crippen LogP contribution in [-0.2, 0) is 16.1 Å². The van der Waals surface area contributed by atoms with Gasteiger partial charge in [-0.2, -0.15) is 0 Å². The molecule has 0 unspecified atom stereocenters. The van der Waals surface area contributed by atoms with Crippen LogP contribution in [0.4, 0.5) is 4.79 Å². The molecule has 2 aliphatic rings. The Balaban J connectivity index is 1.48. The monoisotopic (exact) mass is 261 g/mol. The van der Waals surface area contributed by atoms with Crippen molar-refractivity contribution in [2.24, 2.45) is 0 Å². The number of fused-ring (bicyclic) bond motifs is 1. The summed E-state index contributed by atoms with van der Waals surface area (Å²) in [5, 5.41) is 12.2. The van der Waals surface area contributed by atoms with Crippen LogP contribution in [-0.4, -0.2) is 35.6 Å². The van der Waals surface area contributed by atoms with Crippen molar-refractivity contribution < 1.29 is 19.4 Å². The van der Waals surface area contributed by atoms with Crippen LogP contribution in [0.1, 0.15) is 5.56 Å². The lowest BCUT2D eigenvalue weighted by Gasteiger charge is -2.17. The lowest BCUT2D eigenvalue weighted by Crippen LogP contribution is -2.41. The molecule has 1 saturated heterocycles. The fraction of sp³-hybridized carbons (Fsp3) is 0.357. The summed E-state index contributed by atoms with van der Waals surface area (Å²) in [7, 11) is 0. The molecule has 5 heteroatoms. The molecule has 0 saturated carbocycles. The number of benzene rings is 1. The Bertz CT molecular complexity index is 487. The number of amides is 1. The summed E-state index contributed by atoms with van der Waals surface area (Å²) in [5.41, 5.74) is 0.938. The molecule has 19 heavy (non-hydrogen) atoms. The molecule has 1 fully saturated rings. The van der Waals surface area contributed by atoms with Crippen molar-refractivity contribution in [3.05, 3.63) is 48.0 Å². The molecular formula is C14H15NO4. The number of alkyl carbamates (subject to hydrolysis) is 1. The second-order valence-electron chi connectivity index (χ2n) is 4.67. The van der Waals surface area contributed by atoms with E-state index in [2.05, 4.69) is 5.32 Å². The number of hydrogen-bond acceptors (Lipinski definition) is 4. The summed E-state index contributed by atoms with van der Waals surface area (Å²) < 4.78 is 10.4. The standard InChI is InChI=1S/C14H15NO4/c16-11-7-6-10(12-13(11)19-12)15-14(17)18-8-9-4-2-1-3-5-9/h1-7,10-13,16H,8H2,(H,15,17)/t10-,11-,12+,13-/m1/s1. The van der Waals surface area contributed by atoms with Crippen LogP contribution in [0, 0.1) is 0 Å². The second-order valence-corrected chi connectivity index (χ2v) is 4.67. The molecule has 1 heterocycles. The summed E-state index contributed by atoms with van der Waals surface area (Å²) in [4.78, 5) is 11.6. The number of aliphatic hydroxyl groups is 1. The first-order valence-electron chi connectivity index (χ1n) is 6.23. The normalized spacial score (nSPS) is 31.4. The molecule has 0 radical (unpaired) electrons. The molecule has 100 valence electrons. The van der Waals surface area contributed by atoms with Crippen LogP contribution < -0.4 is 5.32 Å². The number of carbonyl (C=O) groups excluding carboxylic acids is 1. The molecule has 1 amide bonds. The summed E-state index contributed by atoms with van der Waals surface area (Å²) in [6, 6.07) is 9.26. The third-order valence-electron chi connectivity index (χ3n) is 3.26. The lowest BCUT2D eigenvalue weighted by atomic mass is 10.0. The van der Waals surface area contributed by atoms with Gasteiger partial charge in [0.05, 0.1) is 6.04 Å². The Morgan fingerprint density at radius 1 is 1.26 bits per heavy atom. The van der Waals surface area contributed by atoms with Gasteiger partial charge in [-0.05, 0) is 5.56 Å². The maximum atomic E-state index is 11.6. The average molecular weight is 261 g/mol. The van der Waals surface area contributed by atoms with Gasteiger partial charge >= 0.3 is 6.09 Å². The lowest BCUT2D eigenvalue weighted by molar-refractivity contribution is 0.135. The van der Waals surface area contributed by atoms with Crippen LogP contribution in [0.3, 0.4) is 0 Å². The Morgan fingerprint density at radius 3 is 2.84 bits per heavy atom. The highest BCUT2D eigenvalue weighted by atomic mass is 16.6. The largest absolute Gasteiger partial charge is 0.445 e. The van der Waals surface area contributed by atoms with Crippen LogP contribution in [0.5, 0.6) is 0 Å². The molecule has 4 atom stereocenters. The first-order valence-corrected chi connectivity index (χ1v) is 6.23. The predicted molar refractivity (Wildman–Crippen MR) is 67.4 cm³/mol. The second kappa shape index (κ2) is 5.03. The van der Waals surface area contributed by atoms with Gasteiger partial charge in [0.15, 0.2) is 0 Å². The van der Waals surface area contributed by atoms with Crippen molar-refractivity contribution in [1.82, 2.24) is 5.32 Å². The first kappa shape index (κ1) is 12.2. The molecule has 2 N–H and O–H groups in total. The fourth-order valence-electron chi connectivity index (χ4n) is 2.18. The van der Waals surface area contributed by atoms with Crippen molar-refractivity contribution in [3.63, 3.8) is 0 Å². The van der Waals surface area contributed by atoms with E-state index in [-0.39, 0.29) is 24.9 Å². The van der Waals surface area contributed by atoms with E-state index in [1.807, 2.05) is 30.3 Å². The summed E-state index contributed by atoms with van der Waals surface area (Å²) >= 11 is 0. The van der Waals surface area contributed by atoms with E-state index in [1.165, 1.54) is 0 Å². The molecule has 1 aliphatic heterocycles. The maximum Gasteiger partial charge on any atom is 0.408 e. The molecule has 0 bridgehead atoms. The molecule has 1 aromatic rings. The molecule has 1 aliphatic carbocycles. The zero-order valence-electron chi connectivity index (χ0n) is 10.2. The Hall–Kier alpha value is -1.85. The van der Waals surface area contributed by atoms with E-state index in [0.717, 1.165) is 5.56 Å². The van der Waals surface area contributed by atoms with Gasteiger partial charge in [-0.3, -0.25) is 0 Å². The quantitative estimate of drug-likeness (QED) is 0.628. The zero-order valence-corrected chi connectivity index (χ0v) is 10.2. The molecular weight excluding hydrogens is 246 g/mol. The number of aliphatic hydroxyl groups excluding tert-OH is 1. The number of hydrogen-bond donors (Lipinski definition) is 2. The van der Waals surface area contributed by atoms with Gasteiger partial charge in [0.25, 0.3) is 0 Å². The van der Waals surface area contributed by atoms with E-state index >= 15 is 0 Å². The fourth-order valence-corrected chi connectivity index (χ4v) is 2.18. The Morgan fingerprint density at radius 2 is 2.05 bits per heavy atom. The van der Waals surface area contributed by atoms with Gasteiger partial charge in [0.2, 0.25) is 0 Å². The van der Waals surface area contributed by atoms with Gasteiger partial charge in [-0.25, -0.2) is 4.79 Å². The van der Waals surface area contributed by atoms with E-state index < -0.39 is 12.2 Å². The topological polar surface area (TPSA) is 71.1 Å². The Kier molecular flexibility index (Phi) is 3.23. The number of rotatable bonds is 3. The van der Waals surface area contributed by atoms with Crippen molar-refractivity contribution in [2.75, 3.05) is 0 Å². The van der Waals surface area contributed by atoms with Crippen LogP contribution in [0.25, 0.3) is 0 Å². The van der Waals surface area contributed by atoms with Crippen molar-refractivity contribution in [1.29, 1.82) is 0 Å². The van der Waals surface area contributed by atoms with E-state index in [1.54, 1.807) is 12.2 Å². The van der Waals surface area contributed by atoms with Crippen LogP contribution in [0.15, 0.2) is 42.5 Å². The minimum Gasteiger partial charge on any atom is -0.445 e. The van der Waals surface area contributed by atoms with Gasteiger partial charge in [0.1, 0.15) is 24.9 Å². The van der Waals surface area contributed by atoms with Gasteiger partial charge in [0, 0.05) is 0 Å². The Labute approximate surface area is 110 Å². The molecule has 0 spiro atoms. The van der Waals surface area contributed by atoms with E-state index in [0.29, 0.717) is 0 Å². The van der Waals surface area contributed by atoms with Crippen LogP contribution in [0.2, 0.25) is 0 Å². The summed E-state index contributed by atoms with van der Waals surface area (Å²) in [5.74, 6) is 0. The summed E-state index contributed by atoms with van der Waals surface area (Å²) in [6.07, 6.45) is 2.00. The molecule has 5 nitrogen and oxygen atoms in total.